The van der Waals surface area contributed by atoms with Gasteiger partial charge in [-0.3, -0.25) is 9.59 Å². The molecular weight excluding hydrogens is 428 g/mol. The first kappa shape index (κ1) is 23.0. The first-order chi connectivity index (χ1) is 16.3. The maximum Gasteiger partial charge on any atom is 0.319 e. The van der Waals surface area contributed by atoms with Crippen molar-refractivity contribution >= 4 is 29.2 Å². The Morgan fingerprint density at radius 2 is 1.74 bits per heavy atom. The van der Waals surface area contributed by atoms with E-state index in [0.717, 1.165) is 22.3 Å². The normalized spacial score (nSPS) is 17.5. The summed E-state index contributed by atoms with van der Waals surface area (Å²) < 4.78 is 0. The van der Waals surface area contributed by atoms with Crippen LogP contribution in [0.1, 0.15) is 34.6 Å². The highest BCUT2D eigenvalue weighted by Crippen LogP contribution is 2.40. The van der Waals surface area contributed by atoms with E-state index in [-0.39, 0.29) is 18.4 Å². The molecule has 0 bridgehead atoms. The van der Waals surface area contributed by atoms with E-state index in [0.29, 0.717) is 17.8 Å². The van der Waals surface area contributed by atoms with E-state index in [9.17, 15) is 14.4 Å². The number of nitrogens with one attached hydrogen (secondary N) is 2. The Morgan fingerprint density at radius 1 is 1.00 bits per heavy atom. The SMILES string of the molecule is Cc1cccc(NC(=O)NC2CC(c3ccccc3)c3cccc(C)c3N(CC(N)=O)C2=O)c1. The lowest BCUT2D eigenvalue weighted by Gasteiger charge is -2.26. The van der Waals surface area contributed by atoms with Crippen LogP contribution >= 0.6 is 0 Å². The number of carbonyl (C=O) groups excluding carboxylic acids is 3. The molecule has 0 spiro atoms. The number of carbonyl (C=O) groups is 3. The van der Waals surface area contributed by atoms with Gasteiger partial charge in [0.15, 0.2) is 0 Å². The van der Waals surface area contributed by atoms with Gasteiger partial charge in [-0.2, -0.15) is 0 Å². The Labute approximate surface area is 199 Å². The van der Waals surface area contributed by atoms with Crippen molar-refractivity contribution in [2.75, 3.05) is 16.8 Å². The van der Waals surface area contributed by atoms with Crippen LogP contribution in [-0.4, -0.2) is 30.4 Å². The van der Waals surface area contributed by atoms with E-state index < -0.39 is 18.0 Å². The van der Waals surface area contributed by atoms with Crippen molar-refractivity contribution in [2.45, 2.75) is 32.2 Å². The van der Waals surface area contributed by atoms with Crippen molar-refractivity contribution in [3.8, 4) is 0 Å². The maximum absolute atomic E-state index is 13.7. The number of hydrogen-bond acceptors (Lipinski definition) is 3. The zero-order valence-electron chi connectivity index (χ0n) is 19.2. The van der Waals surface area contributed by atoms with Gasteiger partial charge in [0.25, 0.3) is 0 Å². The van der Waals surface area contributed by atoms with Crippen LogP contribution in [0.5, 0.6) is 0 Å². The van der Waals surface area contributed by atoms with Crippen molar-refractivity contribution < 1.29 is 14.4 Å². The van der Waals surface area contributed by atoms with Gasteiger partial charge in [0.2, 0.25) is 11.8 Å². The minimum Gasteiger partial charge on any atom is -0.368 e. The van der Waals surface area contributed by atoms with Crippen molar-refractivity contribution in [3.63, 3.8) is 0 Å². The summed E-state index contributed by atoms with van der Waals surface area (Å²) in [5.74, 6) is -1.15. The van der Waals surface area contributed by atoms with Crippen LogP contribution in [0.15, 0.2) is 72.8 Å². The molecule has 3 aromatic rings. The third kappa shape index (κ3) is 4.93. The van der Waals surface area contributed by atoms with Crippen LogP contribution in [-0.2, 0) is 9.59 Å². The highest BCUT2D eigenvalue weighted by atomic mass is 16.2. The van der Waals surface area contributed by atoms with Crippen molar-refractivity contribution in [1.29, 1.82) is 0 Å². The van der Waals surface area contributed by atoms with Gasteiger partial charge in [-0.1, -0.05) is 60.7 Å². The van der Waals surface area contributed by atoms with Crippen LogP contribution in [0, 0.1) is 13.8 Å². The molecule has 0 aliphatic carbocycles. The topological polar surface area (TPSA) is 105 Å². The van der Waals surface area contributed by atoms with Gasteiger partial charge in [-0.25, -0.2) is 4.79 Å². The summed E-state index contributed by atoms with van der Waals surface area (Å²) in [6, 6.07) is 21.7. The number of nitrogens with zero attached hydrogens (tertiary/aromatic N) is 1. The number of urea groups is 1. The number of para-hydroxylation sites is 1. The summed E-state index contributed by atoms with van der Waals surface area (Å²) >= 11 is 0. The number of hydrogen-bond donors (Lipinski definition) is 3. The van der Waals surface area contributed by atoms with E-state index in [1.807, 2.05) is 80.6 Å². The summed E-state index contributed by atoms with van der Waals surface area (Å²) in [6.45, 7) is 3.57. The molecule has 0 saturated carbocycles. The lowest BCUT2D eigenvalue weighted by Crippen LogP contribution is -2.51. The fourth-order valence-electron chi connectivity index (χ4n) is 4.58. The molecule has 4 amide bonds. The molecule has 1 aliphatic heterocycles. The molecule has 3 aromatic carbocycles. The molecule has 4 N–H and O–H groups in total. The quantitative estimate of drug-likeness (QED) is 0.543. The lowest BCUT2D eigenvalue weighted by atomic mass is 9.85. The number of rotatable bonds is 5. The van der Waals surface area contributed by atoms with Crippen LogP contribution in [0.4, 0.5) is 16.2 Å². The zero-order chi connectivity index (χ0) is 24.2. The standard InChI is InChI=1S/C27H28N4O3/c1-17-8-6-12-20(14-17)29-27(34)30-23-15-22(19-10-4-3-5-11-19)21-13-7-9-18(2)25(21)31(26(23)33)16-24(28)32/h3-14,22-23H,15-16H2,1-2H3,(H2,28,32)(H2,29,30,34). The number of amides is 4. The lowest BCUT2D eigenvalue weighted by molar-refractivity contribution is -0.123. The Kier molecular flexibility index (Phi) is 6.63. The minimum atomic E-state index is -0.860. The molecule has 2 atom stereocenters. The fourth-order valence-corrected chi connectivity index (χ4v) is 4.58. The highest BCUT2D eigenvalue weighted by molar-refractivity contribution is 6.05. The molecule has 7 nitrogen and oxygen atoms in total. The summed E-state index contributed by atoms with van der Waals surface area (Å²) in [6.07, 6.45) is 0.343. The predicted octanol–water partition coefficient (Wildman–Crippen LogP) is 3.85. The van der Waals surface area contributed by atoms with Crippen LogP contribution in [0.2, 0.25) is 0 Å². The molecule has 0 saturated heterocycles. The summed E-state index contributed by atoms with van der Waals surface area (Å²) in [7, 11) is 0. The van der Waals surface area contributed by atoms with Crippen molar-refractivity contribution in [1.82, 2.24) is 5.32 Å². The highest BCUT2D eigenvalue weighted by Gasteiger charge is 2.37. The van der Waals surface area contributed by atoms with Gasteiger partial charge in [-0.05, 0) is 54.7 Å². The van der Waals surface area contributed by atoms with Gasteiger partial charge in [0.1, 0.15) is 12.6 Å². The van der Waals surface area contributed by atoms with E-state index in [1.54, 1.807) is 6.07 Å². The second kappa shape index (κ2) is 9.79. The number of fused-ring (bicyclic) bond motifs is 1. The Morgan fingerprint density at radius 3 is 2.44 bits per heavy atom. The molecular formula is C27H28N4O3. The molecule has 174 valence electrons. The number of aryl methyl sites for hydroxylation is 2. The fraction of sp³-hybridized carbons (Fsp3) is 0.222. The first-order valence-electron chi connectivity index (χ1n) is 11.2. The monoisotopic (exact) mass is 456 g/mol. The van der Waals surface area contributed by atoms with Crippen molar-refractivity contribution in [2.24, 2.45) is 5.73 Å². The maximum atomic E-state index is 13.7. The Hall–Kier alpha value is -4.13. The Balaban J connectivity index is 1.73. The van der Waals surface area contributed by atoms with E-state index in [2.05, 4.69) is 10.6 Å². The molecule has 0 radical (unpaired) electrons. The van der Waals surface area contributed by atoms with Crippen LogP contribution in [0.25, 0.3) is 0 Å². The number of nitrogens with two attached hydrogens (primary N) is 1. The number of anilines is 2. The van der Waals surface area contributed by atoms with Gasteiger partial charge in [0, 0.05) is 11.6 Å². The van der Waals surface area contributed by atoms with E-state index in [4.69, 9.17) is 5.73 Å². The van der Waals surface area contributed by atoms with Crippen LogP contribution < -0.4 is 21.3 Å². The third-order valence-corrected chi connectivity index (χ3v) is 6.05. The third-order valence-electron chi connectivity index (χ3n) is 6.05. The molecule has 1 heterocycles. The van der Waals surface area contributed by atoms with Gasteiger partial charge < -0.3 is 21.3 Å². The molecule has 0 aromatic heterocycles. The second-order valence-corrected chi connectivity index (χ2v) is 8.62. The van der Waals surface area contributed by atoms with E-state index >= 15 is 0 Å². The number of primary amides is 1. The molecule has 1 aliphatic rings. The Bertz CT molecular complexity index is 1230. The van der Waals surface area contributed by atoms with E-state index in [1.165, 1.54) is 4.90 Å². The molecule has 0 fully saturated rings. The summed E-state index contributed by atoms with van der Waals surface area (Å²) in [4.78, 5) is 39.9. The van der Waals surface area contributed by atoms with Gasteiger partial charge in [-0.15, -0.1) is 0 Å². The molecule has 2 unspecified atom stereocenters. The van der Waals surface area contributed by atoms with Crippen molar-refractivity contribution in [3.05, 3.63) is 95.1 Å². The smallest absolute Gasteiger partial charge is 0.319 e. The first-order valence-corrected chi connectivity index (χ1v) is 11.2. The van der Waals surface area contributed by atoms with Gasteiger partial charge in [0.05, 0.1) is 5.69 Å². The second-order valence-electron chi connectivity index (χ2n) is 8.62. The van der Waals surface area contributed by atoms with Gasteiger partial charge >= 0.3 is 6.03 Å². The molecule has 7 heteroatoms. The minimum absolute atomic E-state index is 0.165. The average molecular weight is 457 g/mol. The summed E-state index contributed by atoms with van der Waals surface area (Å²) in [5.41, 5.74) is 10.6. The largest absolute Gasteiger partial charge is 0.368 e. The summed E-state index contributed by atoms with van der Waals surface area (Å²) in [5, 5.41) is 5.64. The molecule has 4 rings (SSSR count). The average Bonchev–Trinajstić information content (AvgIpc) is 2.90. The predicted molar refractivity (Wildman–Crippen MR) is 133 cm³/mol. The number of benzene rings is 3. The zero-order valence-corrected chi connectivity index (χ0v) is 19.2. The molecule has 34 heavy (non-hydrogen) atoms. The van der Waals surface area contributed by atoms with Crippen LogP contribution in [0.3, 0.4) is 0 Å².